The molecule has 11 nitrogen and oxygen atoms in total. The zero-order valence-electron chi connectivity index (χ0n) is 27.1. The smallest absolute Gasteiger partial charge is 0.318 e. The van der Waals surface area contributed by atoms with Crippen LogP contribution in [0.25, 0.3) is 0 Å². The first kappa shape index (κ1) is 35.0. The van der Waals surface area contributed by atoms with Gasteiger partial charge >= 0.3 is 6.03 Å². The molecule has 12 heteroatoms. The lowest BCUT2D eigenvalue weighted by molar-refractivity contribution is -0.130. The van der Waals surface area contributed by atoms with Crippen LogP contribution in [0.3, 0.4) is 0 Å². The van der Waals surface area contributed by atoms with E-state index in [0.29, 0.717) is 49.6 Å². The molecular formula is C37H40ClN7O4. The first-order valence-electron chi connectivity index (χ1n) is 16.4. The van der Waals surface area contributed by atoms with Gasteiger partial charge in [0.25, 0.3) is 0 Å². The Balaban J connectivity index is 1.24. The SMILES string of the molecule is O=C(Nc1cnccn1)C1CCN(C(=O)N[C@@H](Cc2ccccc2)C(=O)N[C@@H](CCc2ccccc2)C(=O)NCc2ccccc2Cl)CC1. The Labute approximate surface area is 290 Å². The fourth-order valence-corrected chi connectivity index (χ4v) is 5.88. The van der Waals surface area contributed by atoms with E-state index < -0.39 is 24.0 Å². The Kier molecular flexibility index (Phi) is 12.7. The third kappa shape index (κ3) is 10.6. The molecule has 4 N–H and O–H groups in total. The maximum atomic E-state index is 13.9. The van der Waals surface area contributed by atoms with Crippen LogP contribution < -0.4 is 21.3 Å². The number of aromatic nitrogens is 2. The Morgan fingerprint density at radius 1 is 0.796 bits per heavy atom. The molecule has 0 aliphatic carbocycles. The third-order valence-electron chi connectivity index (χ3n) is 8.47. The van der Waals surface area contributed by atoms with E-state index in [2.05, 4.69) is 31.2 Å². The molecular weight excluding hydrogens is 642 g/mol. The molecule has 1 fully saturated rings. The minimum absolute atomic E-state index is 0.170. The summed E-state index contributed by atoms with van der Waals surface area (Å²) in [5.41, 5.74) is 2.64. The van der Waals surface area contributed by atoms with Crippen LogP contribution in [0.15, 0.2) is 104 Å². The van der Waals surface area contributed by atoms with Crippen molar-refractivity contribution >= 4 is 41.2 Å². The van der Waals surface area contributed by atoms with Crippen molar-refractivity contribution in [2.45, 2.75) is 50.7 Å². The number of halogens is 1. The molecule has 254 valence electrons. The number of nitrogens with one attached hydrogen (secondary N) is 4. The molecule has 49 heavy (non-hydrogen) atoms. The van der Waals surface area contributed by atoms with Crippen LogP contribution in [-0.4, -0.2) is 63.8 Å². The van der Waals surface area contributed by atoms with Crippen molar-refractivity contribution in [3.05, 3.63) is 125 Å². The van der Waals surface area contributed by atoms with Crippen LogP contribution in [0.2, 0.25) is 5.02 Å². The van der Waals surface area contributed by atoms with E-state index in [1.807, 2.05) is 78.9 Å². The van der Waals surface area contributed by atoms with Crippen molar-refractivity contribution in [1.82, 2.24) is 30.8 Å². The molecule has 2 heterocycles. The summed E-state index contributed by atoms with van der Waals surface area (Å²) >= 11 is 6.31. The summed E-state index contributed by atoms with van der Waals surface area (Å²) in [4.78, 5) is 63.4. The highest BCUT2D eigenvalue weighted by Crippen LogP contribution is 2.20. The third-order valence-corrected chi connectivity index (χ3v) is 8.84. The average molecular weight is 682 g/mol. The Morgan fingerprint density at radius 3 is 2.14 bits per heavy atom. The van der Waals surface area contributed by atoms with Crippen molar-refractivity contribution < 1.29 is 19.2 Å². The van der Waals surface area contributed by atoms with Gasteiger partial charge in [0.05, 0.1) is 6.20 Å². The molecule has 5 rings (SSSR count). The van der Waals surface area contributed by atoms with Crippen LogP contribution >= 0.6 is 11.6 Å². The molecule has 0 radical (unpaired) electrons. The van der Waals surface area contributed by atoms with Gasteiger partial charge in [0, 0.05) is 49.4 Å². The first-order valence-corrected chi connectivity index (χ1v) is 16.7. The highest BCUT2D eigenvalue weighted by molar-refractivity contribution is 6.31. The number of benzene rings is 3. The Bertz CT molecular complexity index is 1690. The normalized spacial score (nSPS) is 14.3. The first-order chi connectivity index (χ1) is 23.9. The van der Waals surface area contributed by atoms with Crippen LogP contribution in [0, 0.1) is 5.92 Å². The number of piperidine rings is 1. The van der Waals surface area contributed by atoms with Gasteiger partial charge in [-0.25, -0.2) is 9.78 Å². The quantitative estimate of drug-likeness (QED) is 0.163. The summed E-state index contributed by atoms with van der Waals surface area (Å²) in [6.07, 6.45) is 6.56. The molecule has 5 amide bonds. The van der Waals surface area contributed by atoms with Crippen molar-refractivity contribution in [2.75, 3.05) is 18.4 Å². The van der Waals surface area contributed by atoms with E-state index in [0.717, 1.165) is 16.7 Å². The summed E-state index contributed by atoms with van der Waals surface area (Å²) in [7, 11) is 0. The molecule has 1 aliphatic rings. The van der Waals surface area contributed by atoms with E-state index in [-0.39, 0.29) is 30.7 Å². The zero-order valence-corrected chi connectivity index (χ0v) is 27.8. The Hall–Kier alpha value is -5.29. The van der Waals surface area contributed by atoms with Gasteiger partial charge < -0.3 is 26.2 Å². The van der Waals surface area contributed by atoms with Gasteiger partial charge in [0.1, 0.15) is 12.1 Å². The molecule has 1 aliphatic heterocycles. The van der Waals surface area contributed by atoms with Crippen molar-refractivity contribution in [1.29, 1.82) is 0 Å². The van der Waals surface area contributed by atoms with Crippen LogP contribution in [0.4, 0.5) is 10.6 Å². The van der Waals surface area contributed by atoms with Gasteiger partial charge in [-0.2, -0.15) is 0 Å². The maximum Gasteiger partial charge on any atom is 0.318 e. The topological polar surface area (TPSA) is 145 Å². The number of amides is 5. The van der Waals surface area contributed by atoms with Crippen LogP contribution in [-0.2, 0) is 33.8 Å². The van der Waals surface area contributed by atoms with Crippen LogP contribution in [0.5, 0.6) is 0 Å². The summed E-state index contributed by atoms with van der Waals surface area (Å²) in [5, 5.41) is 12.1. The lowest BCUT2D eigenvalue weighted by atomic mass is 9.96. The molecule has 0 bridgehead atoms. The highest BCUT2D eigenvalue weighted by Gasteiger charge is 2.31. The number of urea groups is 1. The number of carbonyl (C=O) groups is 4. The minimum atomic E-state index is -0.955. The standard InChI is InChI=1S/C37H40ClN7O4/c38-30-14-8-7-13-29(30)24-41-35(47)31(16-15-26-9-3-1-4-10-26)42-36(48)32(23-27-11-5-2-6-12-27)43-37(49)45-21-17-28(18-22-45)34(46)44-33-25-39-19-20-40-33/h1-14,19-20,25,28,31-32H,15-18,21-24H2,(H,41,47)(H,42,48)(H,43,49)(H,40,44,46)/t31-,32-/m0/s1. The van der Waals surface area contributed by atoms with Crippen molar-refractivity contribution in [3.63, 3.8) is 0 Å². The van der Waals surface area contributed by atoms with Crippen molar-refractivity contribution in [2.24, 2.45) is 5.92 Å². The number of rotatable bonds is 13. The van der Waals surface area contributed by atoms with E-state index in [9.17, 15) is 19.2 Å². The predicted molar refractivity (Wildman–Crippen MR) is 187 cm³/mol. The fourth-order valence-electron chi connectivity index (χ4n) is 5.68. The fraction of sp³-hybridized carbons (Fsp3) is 0.297. The second kappa shape index (κ2) is 17.7. The van der Waals surface area contributed by atoms with Gasteiger partial charge in [-0.05, 0) is 48.4 Å². The summed E-state index contributed by atoms with van der Waals surface area (Å²) in [6.45, 7) is 0.884. The number of hydrogen-bond donors (Lipinski definition) is 4. The average Bonchev–Trinajstić information content (AvgIpc) is 3.13. The number of hydrogen-bond acceptors (Lipinski definition) is 6. The maximum absolute atomic E-state index is 13.9. The monoisotopic (exact) mass is 681 g/mol. The molecule has 1 saturated heterocycles. The van der Waals surface area contributed by atoms with Crippen LogP contribution in [0.1, 0.15) is 36.0 Å². The molecule has 0 saturated carbocycles. The second-order valence-electron chi connectivity index (χ2n) is 11.9. The Morgan fingerprint density at radius 2 is 1.47 bits per heavy atom. The van der Waals surface area contributed by atoms with E-state index in [1.54, 1.807) is 11.0 Å². The molecule has 0 spiro atoms. The van der Waals surface area contributed by atoms with Gasteiger partial charge in [-0.3, -0.25) is 19.4 Å². The summed E-state index contributed by atoms with van der Waals surface area (Å²) in [5.74, 6) is -0.903. The summed E-state index contributed by atoms with van der Waals surface area (Å²) < 4.78 is 0. The summed E-state index contributed by atoms with van der Waals surface area (Å²) in [6, 6.07) is 24.1. The highest BCUT2D eigenvalue weighted by atomic mass is 35.5. The van der Waals surface area contributed by atoms with Gasteiger partial charge in [-0.1, -0.05) is 90.5 Å². The number of likely N-dealkylation sites (tertiary alicyclic amines) is 1. The van der Waals surface area contributed by atoms with Gasteiger partial charge in [0.2, 0.25) is 17.7 Å². The van der Waals surface area contributed by atoms with Gasteiger partial charge in [0.15, 0.2) is 5.82 Å². The molecule has 1 aromatic heterocycles. The zero-order chi connectivity index (χ0) is 34.4. The van der Waals surface area contributed by atoms with Crippen molar-refractivity contribution in [3.8, 4) is 0 Å². The van der Waals surface area contributed by atoms with Gasteiger partial charge in [-0.15, -0.1) is 0 Å². The minimum Gasteiger partial charge on any atom is -0.350 e. The largest absolute Gasteiger partial charge is 0.350 e. The molecule has 2 atom stereocenters. The number of carbonyl (C=O) groups excluding carboxylic acids is 4. The molecule has 0 unspecified atom stereocenters. The number of aryl methyl sites for hydroxylation is 1. The van der Waals surface area contributed by atoms with E-state index in [1.165, 1.54) is 18.6 Å². The lowest BCUT2D eigenvalue weighted by Gasteiger charge is -2.32. The number of nitrogens with zero attached hydrogens (tertiary/aromatic N) is 3. The predicted octanol–water partition coefficient (Wildman–Crippen LogP) is 4.54. The lowest BCUT2D eigenvalue weighted by Crippen LogP contribution is -2.57. The molecule has 3 aromatic carbocycles. The van der Waals surface area contributed by atoms with E-state index in [4.69, 9.17) is 11.6 Å². The second-order valence-corrected chi connectivity index (χ2v) is 12.3. The molecule has 4 aromatic rings. The van der Waals surface area contributed by atoms with E-state index >= 15 is 0 Å². The number of anilines is 1.